The highest BCUT2D eigenvalue weighted by molar-refractivity contribution is 5.92. The van der Waals surface area contributed by atoms with E-state index in [1.54, 1.807) is 17.4 Å². The first-order valence-corrected chi connectivity index (χ1v) is 8.24. The zero-order valence-electron chi connectivity index (χ0n) is 13.7. The normalized spacial score (nSPS) is 16.6. The second kappa shape index (κ2) is 5.76. The van der Waals surface area contributed by atoms with Gasteiger partial charge in [0.05, 0.1) is 23.7 Å². The summed E-state index contributed by atoms with van der Waals surface area (Å²) in [4.78, 5) is 35.3. The average Bonchev–Trinajstić information content (AvgIpc) is 3.38. The topological polar surface area (TPSA) is 101 Å². The molecule has 1 aromatic carbocycles. The Kier molecular flexibility index (Phi) is 3.27. The number of carbonyl (C=O) groups is 1. The minimum Gasteiger partial charge on any atom is -0.438 e. The lowest BCUT2D eigenvalue weighted by Crippen LogP contribution is -2.41. The monoisotopic (exact) mass is 346 g/mol. The average molecular weight is 346 g/mol. The van der Waals surface area contributed by atoms with Gasteiger partial charge in [0.25, 0.3) is 5.91 Å². The number of aromatic amines is 1. The molecule has 0 spiro atoms. The molecule has 8 heteroatoms. The summed E-state index contributed by atoms with van der Waals surface area (Å²) in [5.74, 6) is 0.470. The lowest BCUT2D eigenvalue weighted by molar-refractivity contribution is 0.0651. The molecule has 1 amide bonds. The van der Waals surface area contributed by atoms with Gasteiger partial charge in [0.15, 0.2) is 12.2 Å². The molecule has 128 valence electrons. The highest BCUT2D eigenvalue weighted by Crippen LogP contribution is 2.33. The van der Waals surface area contributed by atoms with Crippen molar-refractivity contribution in [3.8, 4) is 0 Å². The lowest BCUT2D eigenvalue weighted by Gasteiger charge is -2.33. The number of nitrogens with zero attached hydrogens (tertiary/aromatic N) is 5. The number of hydrogen-bond donors (Lipinski definition) is 1. The van der Waals surface area contributed by atoms with E-state index < -0.39 is 6.04 Å². The maximum Gasteiger partial charge on any atom is 0.292 e. The third kappa shape index (κ3) is 2.26. The van der Waals surface area contributed by atoms with Crippen LogP contribution in [0.2, 0.25) is 0 Å². The molecule has 0 aliphatic carbocycles. The molecule has 0 saturated heterocycles. The summed E-state index contributed by atoms with van der Waals surface area (Å²) in [6.45, 7) is 0.510. The van der Waals surface area contributed by atoms with Crippen LogP contribution in [0, 0.1) is 0 Å². The van der Waals surface area contributed by atoms with Crippen molar-refractivity contribution in [2.75, 3.05) is 6.54 Å². The van der Waals surface area contributed by atoms with E-state index in [4.69, 9.17) is 4.42 Å². The Morgan fingerprint density at radius 3 is 3.04 bits per heavy atom. The van der Waals surface area contributed by atoms with Gasteiger partial charge in [0, 0.05) is 30.2 Å². The van der Waals surface area contributed by atoms with Crippen molar-refractivity contribution >= 4 is 16.8 Å². The fourth-order valence-corrected chi connectivity index (χ4v) is 3.34. The summed E-state index contributed by atoms with van der Waals surface area (Å²) < 4.78 is 5.20. The van der Waals surface area contributed by atoms with Crippen LogP contribution in [0.25, 0.3) is 10.9 Å². The van der Waals surface area contributed by atoms with Gasteiger partial charge in [0.1, 0.15) is 6.04 Å². The number of hydrogen-bond acceptors (Lipinski definition) is 6. The Bertz CT molecular complexity index is 1090. The van der Waals surface area contributed by atoms with Crippen LogP contribution in [0.1, 0.15) is 33.8 Å². The molecule has 1 atom stereocenters. The van der Waals surface area contributed by atoms with Gasteiger partial charge in [-0.05, 0) is 6.07 Å². The van der Waals surface area contributed by atoms with Gasteiger partial charge in [-0.3, -0.25) is 4.79 Å². The Hall–Kier alpha value is -3.55. The molecule has 3 aromatic heterocycles. The fraction of sp³-hybridized carbons (Fsp3) is 0.167. The third-order valence-corrected chi connectivity index (χ3v) is 4.58. The lowest BCUT2D eigenvalue weighted by atomic mass is 10.0. The molecule has 1 aliphatic heterocycles. The number of nitrogens with one attached hydrogen (secondary N) is 1. The van der Waals surface area contributed by atoms with Gasteiger partial charge in [0.2, 0.25) is 5.76 Å². The fourth-order valence-electron chi connectivity index (χ4n) is 3.34. The highest BCUT2D eigenvalue weighted by atomic mass is 16.3. The molecule has 0 saturated carbocycles. The second-order valence-electron chi connectivity index (χ2n) is 6.07. The molecule has 1 aliphatic rings. The Labute approximate surface area is 147 Å². The largest absolute Gasteiger partial charge is 0.438 e. The number of aromatic nitrogens is 5. The SMILES string of the molecule is O=C(c1cnco1)N1CCc2[nH]cnc2[C@@H]1c1ncc2ccccc2n1. The molecule has 0 fully saturated rings. The van der Waals surface area contributed by atoms with Crippen molar-refractivity contribution in [1.29, 1.82) is 0 Å². The van der Waals surface area contributed by atoms with E-state index >= 15 is 0 Å². The summed E-state index contributed by atoms with van der Waals surface area (Å²) in [6, 6.07) is 7.27. The van der Waals surface area contributed by atoms with Gasteiger partial charge in [-0.15, -0.1) is 0 Å². The maximum atomic E-state index is 12.9. The zero-order valence-corrected chi connectivity index (χ0v) is 13.7. The van der Waals surface area contributed by atoms with Gasteiger partial charge >= 0.3 is 0 Å². The maximum absolute atomic E-state index is 12.9. The zero-order chi connectivity index (χ0) is 17.5. The number of imidazole rings is 1. The van der Waals surface area contributed by atoms with Crippen molar-refractivity contribution in [2.24, 2.45) is 0 Å². The van der Waals surface area contributed by atoms with Crippen LogP contribution in [0.4, 0.5) is 0 Å². The van der Waals surface area contributed by atoms with E-state index in [1.165, 1.54) is 12.6 Å². The van der Waals surface area contributed by atoms with Crippen LogP contribution < -0.4 is 0 Å². The molecule has 1 N–H and O–H groups in total. The summed E-state index contributed by atoms with van der Waals surface area (Å²) in [5.41, 5.74) is 2.58. The van der Waals surface area contributed by atoms with E-state index in [2.05, 4.69) is 24.9 Å². The predicted octanol–water partition coefficient (Wildman–Crippen LogP) is 2.13. The van der Waals surface area contributed by atoms with Crippen LogP contribution >= 0.6 is 0 Å². The van der Waals surface area contributed by atoms with Crippen molar-refractivity contribution in [1.82, 2.24) is 29.8 Å². The third-order valence-electron chi connectivity index (χ3n) is 4.58. The number of H-pyrrole nitrogens is 1. The van der Waals surface area contributed by atoms with E-state index in [1.807, 2.05) is 24.3 Å². The summed E-state index contributed by atoms with van der Waals surface area (Å²) in [7, 11) is 0. The van der Waals surface area contributed by atoms with Crippen molar-refractivity contribution in [2.45, 2.75) is 12.5 Å². The first-order valence-electron chi connectivity index (χ1n) is 8.24. The number of oxazole rings is 1. The Morgan fingerprint density at radius 1 is 1.23 bits per heavy atom. The number of para-hydroxylation sites is 1. The standard InChI is InChI=1S/C18H14N6O2/c25-18(14-8-19-10-26-14)24-6-5-13-15(22-9-21-13)16(24)17-20-7-11-3-1-2-4-12(11)23-17/h1-4,7-10,16H,5-6H2,(H,21,22)/t16-/m1/s1. The van der Waals surface area contributed by atoms with E-state index in [-0.39, 0.29) is 11.7 Å². The Balaban J connectivity index is 1.64. The van der Waals surface area contributed by atoms with Crippen LogP contribution in [-0.4, -0.2) is 42.3 Å². The molecule has 8 nitrogen and oxygen atoms in total. The number of benzene rings is 1. The molecule has 0 radical (unpaired) electrons. The van der Waals surface area contributed by atoms with E-state index in [9.17, 15) is 4.79 Å². The van der Waals surface area contributed by atoms with Gasteiger partial charge in [-0.1, -0.05) is 18.2 Å². The molecule has 0 bridgehead atoms. The minimum absolute atomic E-state index is 0.190. The molecular weight excluding hydrogens is 332 g/mol. The van der Waals surface area contributed by atoms with Gasteiger partial charge in [-0.2, -0.15) is 0 Å². The van der Waals surface area contributed by atoms with Crippen LogP contribution in [0.15, 0.2) is 53.8 Å². The Morgan fingerprint density at radius 2 is 2.15 bits per heavy atom. The van der Waals surface area contributed by atoms with Gasteiger partial charge < -0.3 is 14.3 Å². The van der Waals surface area contributed by atoms with E-state index in [0.717, 1.165) is 22.3 Å². The summed E-state index contributed by atoms with van der Waals surface area (Å²) in [6.07, 6.45) is 6.76. The molecule has 26 heavy (non-hydrogen) atoms. The molecular formula is C18H14N6O2. The first-order chi connectivity index (χ1) is 12.8. The van der Waals surface area contributed by atoms with E-state index in [0.29, 0.717) is 18.8 Å². The summed E-state index contributed by atoms with van der Waals surface area (Å²) in [5, 5.41) is 0.947. The quantitative estimate of drug-likeness (QED) is 0.597. The van der Waals surface area contributed by atoms with Crippen LogP contribution in [-0.2, 0) is 6.42 Å². The van der Waals surface area contributed by atoms with Crippen molar-refractivity contribution in [3.63, 3.8) is 0 Å². The van der Waals surface area contributed by atoms with Gasteiger partial charge in [-0.25, -0.2) is 19.9 Å². The second-order valence-corrected chi connectivity index (χ2v) is 6.07. The predicted molar refractivity (Wildman–Crippen MR) is 91.2 cm³/mol. The molecule has 5 rings (SSSR count). The van der Waals surface area contributed by atoms with Crippen LogP contribution in [0.3, 0.4) is 0 Å². The minimum atomic E-state index is -0.479. The number of fused-ring (bicyclic) bond motifs is 2. The number of rotatable bonds is 2. The number of carbonyl (C=O) groups excluding carboxylic acids is 1. The number of amides is 1. The van der Waals surface area contributed by atoms with Crippen LogP contribution in [0.5, 0.6) is 0 Å². The van der Waals surface area contributed by atoms with Crippen molar-refractivity contribution in [3.05, 3.63) is 72.4 Å². The first kappa shape index (κ1) is 14.8. The molecule has 0 unspecified atom stereocenters. The smallest absolute Gasteiger partial charge is 0.292 e. The molecule has 4 aromatic rings. The molecule has 4 heterocycles. The van der Waals surface area contributed by atoms with Crippen molar-refractivity contribution < 1.29 is 9.21 Å². The highest BCUT2D eigenvalue weighted by Gasteiger charge is 2.37. The summed E-state index contributed by atoms with van der Waals surface area (Å²) >= 11 is 0.